The van der Waals surface area contributed by atoms with Gasteiger partial charge in [0.05, 0.1) is 11.8 Å². The fraction of sp³-hybridized carbons (Fsp3) is 0.867. The number of amides is 1. The van der Waals surface area contributed by atoms with Crippen molar-refractivity contribution < 1.29 is 14.7 Å². The third-order valence-electron chi connectivity index (χ3n) is 3.61. The highest BCUT2D eigenvalue weighted by atomic mass is 16.4. The Morgan fingerprint density at radius 3 is 2.53 bits per heavy atom. The Labute approximate surface area is 117 Å². The first-order valence-electron chi connectivity index (χ1n) is 6.99. The molecule has 1 amide bonds. The molecule has 2 atom stereocenters. The minimum absolute atomic E-state index is 0. The molecule has 4 nitrogen and oxygen atoms in total. The molecule has 0 aliphatic carbocycles. The van der Waals surface area contributed by atoms with Crippen molar-refractivity contribution >= 4 is 11.9 Å². The number of rotatable bonds is 7. The van der Waals surface area contributed by atoms with E-state index >= 15 is 0 Å². The lowest BCUT2D eigenvalue weighted by molar-refractivity contribution is -0.144. The second-order valence-corrected chi connectivity index (χ2v) is 5.67. The van der Waals surface area contributed by atoms with Crippen LogP contribution < -0.4 is 0 Å². The predicted molar refractivity (Wildman–Crippen MR) is 76.9 cm³/mol. The number of nitrogens with zero attached hydrogens (tertiary/aromatic N) is 1. The number of carboxylic acids is 1. The summed E-state index contributed by atoms with van der Waals surface area (Å²) in [4.78, 5) is 25.2. The molecular formula is C15H29NO3. The average molecular weight is 271 g/mol. The molecule has 0 saturated carbocycles. The molecule has 0 aromatic carbocycles. The topological polar surface area (TPSA) is 57.6 Å². The summed E-state index contributed by atoms with van der Waals surface area (Å²) in [7, 11) is 0. The van der Waals surface area contributed by atoms with Crippen molar-refractivity contribution in [1.29, 1.82) is 0 Å². The smallest absolute Gasteiger partial charge is 0.309 e. The third-order valence-corrected chi connectivity index (χ3v) is 3.61. The van der Waals surface area contributed by atoms with Crippen LogP contribution in [0.4, 0.5) is 0 Å². The van der Waals surface area contributed by atoms with Crippen molar-refractivity contribution in [1.82, 2.24) is 4.90 Å². The van der Waals surface area contributed by atoms with Crippen LogP contribution in [-0.2, 0) is 9.59 Å². The molecule has 112 valence electrons. The summed E-state index contributed by atoms with van der Waals surface area (Å²) in [5.41, 5.74) is 0. The quantitative estimate of drug-likeness (QED) is 0.724. The molecule has 1 rings (SSSR count). The van der Waals surface area contributed by atoms with Crippen LogP contribution in [0.1, 0.15) is 53.9 Å². The molecule has 2 unspecified atom stereocenters. The fourth-order valence-corrected chi connectivity index (χ4v) is 2.64. The number of carboxylic acid groups (broad SMARTS) is 1. The molecule has 0 aromatic rings. The van der Waals surface area contributed by atoms with Gasteiger partial charge < -0.3 is 10.0 Å². The van der Waals surface area contributed by atoms with Gasteiger partial charge in [-0.2, -0.15) is 0 Å². The molecule has 1 aliphatic heterocycles. The summed E-state index contributed by atoms with van der Waals surface area (Å²) in [6, 6.07) is 0. The zero-order chi connectivity index (χ0) is 13.7. The van der Waals surface area contributed by atoms with Gasteiger partial charge in [0, 0.05) is 13.1 Å². The van der Waals surface area contributed by atoms with E-state index in [4.69, 9.17) is 0 Å². The van der Waals surface area contributed by atoms with Gasteiger partial charge >= 0.3 is 5.97 Å². The fourth-order valence-electron chi connectivity index (χ4n) is 2.64. The van der Waals surface area contributed by atoms with Gasteiger partial charge in [0.25, 0.3) is 0 Å². The first kappa shape index (κ1) is 17.9. The Bertz CT molecular complexity index is 302. The van der Waals surface area contributed by atoms with Gasteiger partial charge in [0.15, 0.2) is 0 Å². The summed E-state index contributed by atoms with van der Waals surface area (Å²) in [6.45, 7) is 7.30. The van der Waals surface area contributed by atoms with Crippen molar-refractivity contribution in [3.63, 3.8) is 0 Å². The maximum atomic E-state index is 12.2. The van der Waals surface area contributed by atoms with Crippen molar-refractivity contribution in [2.24, 2.45) is 17.8 Å². The Kier molecular flexibility index (Phi) is 7.72. The molecule has 1 aliphatic rings. The van der Waals surface area contributed by atoms with Crippen LogP contribution in [0.3, 0.4) is 0 Å². The van der Waals surface area contributed by atoms with Crippen LogP contribution >= 0.6 is 0 Å². The number of unbranched alkanes of at least 4 members (excludes halogenated alkanes) is 2. The third kappa shape index (κ3) is 4.84. The SMILES string of the molecule is C.CCCCCN1CC(C(=O)O)C(CC(C)C)C1=O. The van der Waals surface area contributed by atoms with E-state index in [1.54, 1.807) is 4.90 Å². The van der Waals surface area contributed by atoms with E-state index in [9.17, 15) is 14.7 Å². The monoisotopic (exact) mass is 271 g/mol. The zero-order valence-corrected chi connectivity index (χ0v) is 11.7. The Morgan fingerprint density at radius 2 is 2.05 bits per heavy atom. The summed E-state index contributed by atoms with van der Waals surface area (Å²) < 4.78 is 0. The van der Waals surface area contributed by atoms with Crippen LogP contribution in [0, 0.1) is 17.8 Å². The van der Waals surface area contributed by atoms with Gasteiger partial charge in [-0.3, -0.25) is 9.59 Å². The van der Waals surface area contributed by atoms with Gasteiger partial charge in [-0.15, -0.1) is 0 Å². The zero-order valence-electron chi connectivity index (χ0n) is 11.7. The highest BCUT2D eigenvalue weighted by Gasteiger charge is 2.43. The van der Waals surface area contributed by atoms with Crippen LogP contribution in [-0.4, -0.2) is 35.0 Å². The van der Waals surface area contributed by atoms with E-state index in [0.717, 1.165) is 19.3 Å². The van der Waals surface area contributed by atoms with Crippen LogP contribution in [0.15, 0.2) is 0 Å². The lowest BCUT2D eigenvalue weighted by Gasteiger charge is -2.17. The Hall–Kier alpha value is -1.06. The van der Waals surface area contributed by atoms with E-state index in [-0.39, 0.29) is 19.3 Å². The molecule has 0 aromatic heterocycles. The lowest BCUT2D eigenvalue weighted by Crippen LogP contribution is -2.28. The summed E-state index contributed by atoms with van der Waals surface area (Å²) in [5, 5.41) is 9.22. The van der Waals surface area contributed by atoms with Gasteiger partial charge in [-0.05, 0) is 18.8 Å². The molecule has 4 heteroatoms. The number of hydrogen-bond donors (Lipinski definition) is 1. The number of carbonyl (C=O) groups excluding carboxylic acids is 1. The molecule has 1 saturated heterocycles. The first-order chi connectivity index (χ1) is 8.47. The standard InChI is InChI=1S/C14H25NO3.CH4/c1-4-5-6-7-15-9-12(14(17)18)11(13(15)16)8-10(2)3;/h10-12H,4-9H2,1-3H3,(H,17,18);1H4. The van der Waals surface area contributed by atoms with Crippen molar-refractivity contribution in [2.75, 3.05) is 13.1 Å². The molecular weight excluding hydrogens is 242 g/mol. The molecule has 1 heterocycles. The molecule has 0 radical (unpaired) electrons. The van der Waals surface area contributed by atoms with Crippen LogP contribution in [0.25, 0.3) is 0 Å². The second-order valence-electron chi connectivity index (χ2n) is 5.67. The second kappa shape index (κ2) is 8.18. The Morgan fingerprint density at radius 1 is 1.42 bits per heavy atom. The highest BCUT2D eigenvalue weighted by molar-refractivity contribution is 5.88. The maximum absolute atomic E-state index is 12.2. The molecule has 1 N–H and O–H groups in total. The van der Waals surface area contributed by atoms with E-state index in [2.05, 4.69) is 6.92 Å². The minimum atomic E-state index is -0.827. The van der Waals surface area contributed by atoms with Crippen LogP contribution in [0.5, 0.6) is 0 Å². The molecule has 1 fully saturated rings. The summed E-state index contributed by atoms with van der Waals surface area (Å²) in [5.74, 6) is -1.25. The van der Waals surface area contributed by atoms with E-state index in [1.807, 2.05) is 13.8 Å². The first-order valence-corrected chi connectivity index (χ1v) is 6.99. The van der Waals surface area contributed by atoms with Gasteiger partial charge in [0.1, 0.15) is 0 Å². The minimum Gasteiger partial charge on any atom is -0.481 e. The van der Waals surface area contributed by atoms with Crippen molar-refractivity contribution in [3.05, 3.63) is 0 Å². The summed E-state index contributed by atoms with van der Waals surface area (Å²) >= 11 is 0. The maximum Gasteiger partial charge on any atom is 0.309 e. The number of aliphatic carboxylic acids is 1. The highest BCUT2D eigenvalue weighted by Crippen LogP contribution is 2.30. The van der Waals surface area contributed by atoms with Gasteiger partial charge in [-0.1, -0.05) is 41.0 Å². The number of likely N-dealkylation sites (tertiary alicyclic amines) is 1. The lowest BCUT2D eigenvalue weighted by atomic mass is 9.88. The van der Waals surface area contributed by atoms with Crippen molar-refractivity contribution in [3.8, 4) is 0 Å². The average Bonchev–Trinajstić information content (AvgIpc) is 2.57. The molecule has 0 bridgehead atoms. The summed E-state index contributed by atoms with van der Waals surface area (Å²) in [6.07, 6.45) is 3.86. The van der Waals surface area contributed by atoms with E-state index in [1.165, 1.54) is 0 Å². The molecule has 0 spiro atoms. The van der Waals surface area contributed by atoms with Crippen molar-refractivity contribution in [2.45, 2.75) is 53.9 Å². The van der Waals surface area contributed by atoms with Gasteiger partial charge in [0.2, 0.25) is 5.91 Å². The normalized spacial score (nSPS) is 22.7. The predicted octanol–water partition coefficient (Wildman–Crippen LogP) is 3.02. The Balaban J connectivity index is 0.00000324. The van der Waals surface area contributed by atoms with Gasteiger partial charge in [-0.25, -0.2) is 0 Å². The van der Waals surface area contributed by atoms with E-state index in [0.29, 0.717) is 25.4 Å². The number of carbonyl (C=O) groups is 2. The molecule has 19 heavy (non-hydrogen) atoms. The van der Waals surface area contributed by atoms with Crippen LogP contribution in [0.2, 0.25) is 0 Å². The largest absolute Gasteiger partial charge is 0.481 e. The van der Waals surface area contributed by atoms with E-state index < -0.39 is 11.9 Å². The number of hydrogen-bond acceptors (Lipinski definition) is 2.